The number of likely N-dealkylation sites (tertiary alicyclic amines) is 1. The molecule has 4 rings (SSSR count). The highest BCUT2D eigenvalue weighted by atomic mass is 32.1. The van der Waals surface area contributed by atoms with E-state index in [4.69, 9.17) is 4.74 Å². The van der Waals surface area contributed by atoms with E-state index in [-0.39, 0.29) is 23.8 Å². The third kappa shape index (κ3) is 5.55. The van der Waals surface area contributed by atoms with Gasteiger partial charge in [0.1, 0.15) is 11.4 Å². The van der Waals surface area contributed by atoms with Gasteiger partial charge in [0.05, 0.1) is 17.7 Å². The largest absolute Gasteiger partial charge is 0.491 e. The summed E-state index contributed by atoms with van der Waals surface area (Å²) in [7, 11) is 0. The van der Waals surface area contributed by atoms with Crippen LogP contribution >= 0.6 is 22.7 Å². The molecule has 0 atom stereocenters. The van der Waals surface area contributed by atoms with Crippen molar-refractivity contribution in [3.63, 3.8) is 0 Å². The molecule has 0 unspecified atom stereocenters. The van der Waals surface area contributed by atoms with Crippen molar-refractivity contribution in [1.82, 2.24) is 15.2 Å². The molecule has 2 amide bonds. The molecule has 0 aliphatic carbocycles. The minimum atomic E-state index is -0.140. The van der Waals surface area contributed by atoms with E-state index in [1.54, 1.807) is 11.3 Å². The maximum Gasteiger partial charge on any atom is 0.271 e. The first-order valence-corrected chi connectivity index (χ1v) is 12.6. The number of hydrogen-bond donors (Lipinski definition) is 1. The second kappa shape index (κ2) is 10.3. The van der Waals surface area contributed by atoms with Crippen molar-refractivity contribution in [3.8, 4) is 5.75 Å². The van der Waals surface area contributed by atoms with Crippen LogP contribution in [-0.4, -0.2) is 40.9 Å². The van der Waals surface area contributed by atoms with E-state index in [9.17, 15) is 9.59 Å². The minimum Gasteiger partial charge on any atom is -0.491 e. The van der Waals surface area contributed by atoms with Crippen LogP contribution in [0.5, 0.6) is 5.75 Å². The van der Waals surface area contributed by atoms with Gasteiger partial charge in [0.2, 0.25) is 0 Å². The second-order valence-corrected chi connectivity index (χ2v) is 10.0. The van der Waals surface area contributed by atoms with Crippen molar-refractivity contribution < 1.29 is 14.3 Å². The van der Waals surface area contributed by atoms with Crippen LogP contribution in [-0.2, 0) is 6.54 Å². The van der Waals surface area contributed by atoms with Gasteiger partial charge in [0.15, 0.2) is 0 Å². The molecule has 8 heteroatoms. The number of carbonyl (C=O) groups is 2. The Morgan fingerprint density at radius 3 is 2.56 bits per heavy atom. The summed E-state index contributed by atoms with van der Waals surface area (Å²) in [5.74, 6) is 0.963. The average molecular weight is 470 g/mol. The van der Waals surface area contributed by atoms with E-state index in [1.165, 1.54) is 11.3 Å². The Labute approximate surface area is 196 Å². The lowest BCUT2D eigenvalue weighted by atomic mass is 9.97. The van der Waals surface area contributed by atoms with Crippen LogP contribution in [0.4, 0.5) is 0 Å². The van der Waals surface area contributed by atoms with Crippen LogP contribution in [0.1, 0.15) is 63.3 Å². The fourth-order valence-corrected chi connectivity index (χ4v) is 5.33. The fourth-order valence-electron chi connectivity index (χ4n) is 3.71. The smallest absolute Gasteiger partial charge is 0.271 e. The Hall–Kier alpha value is -2.71. The number of nitrogens with one attached hydrogen (secondary N) is 1. The van der Waals surface area contributed by atoms with Crippen molar-refractivity contribution in [1.29, 1.82) is 0 Å². The van der Waals surface area contributed by atoms with Crippen molar-refractivity contribution >= 4 is 34.5 Å². The van der Waals surface area contributed by atoms with E-state index in [1.807, 2.05) is 65.9 Å². The third-order valence-corrected chi connectivity index (χ3v) is 7.25. The third-order valence-electron chi connectivity index (χ3n) is 5.36. The van der Waals surface area contributed by atoms with Crippen LogP contribution in [0.2, 0.25) is 0 Å². The van der Waals surface area contributed by atoms with E-state index in [0.29, 0.717) is 30.9 Å². The van der Waals surface area contributed by atoms with Crippen molar-refractivity contribution in [3.05, 3.63) is 68.3 Å². The number of thiophene rings is 1. The Bertz CT molecular complexity index is 1040. The number of ether oxygens (including phenoxy) is 1. The zero-order valence-corrected chi connectivity index (χ0v) is 19.9. The lowest BCUT2D eigenvalue weighted by Crippen LogP contribution is -2.37. The van der Waals surface area contributed by atoms with Gasteiger partial charge in [-0.1, -0.05) is 6.07 Å². The highest BCUT2D eigenvalue weighted by Gasteiger charge is 2.27. The molecule has 1 aliphatic heterocycles. The predicted molar refractivity (Wildman–Crippen MR) is 128 cm³/mol. The molecule has 3 heterocycles. The van der Waals surface area contributed by atoms with E-state index in [2.05, 4.69) is 10.3 Å². The molecule has 6 nitrogen and oxygen atoms in total. The number of benzene rings is 1. The van der Waals surface area contributed by atoms with Crippen molar-refractivity contribution in [2.75, 3.05) is 13.1 Å². The van der Waals surface area contributed by atoms with Gasteiger partial charge in [-0.25, -0.2) is 4.98 Å². The van der Waals surface area contributed by atoms with Gasteiger partial charge >= 0.3 is 0 Å². The van der Waals surface area contributed by atoms with Gasteiger partial charge in [0, 0.05) is 34.8 Å². The topological polar surface area (TPSA) is 71.5 Å². The molecule has 1 saturated heterocycles. The lowest BCUT2D eigenvalue weighted by molar-refractivity contribution is 0.0713. The normalized spacial score (nSPS) is 14.5. The van der Waals surface area contributed by atoms with E-state index < -0.39 is 0 Å². The Balaban J connectivity index is 1.29. The van der Waals surface area contributed by atoms with Crippen LogP contribution in [0.15, 0.2) is 47.2 Å². The van der Waals surface area contributed by atoms with Crippen molar-refractivity contribution in [2.24, 2.45) is 0 Å². The molecule has 32 heavy (non-hydrogen) atoms. The first-order valence-electron chi connectivity index (χ1n) is 10.8. The molecule has 0 bridgehead atoms. The highest BCUT2D eigenvalue weighted by molar-refractivity contribution is 7.10. The summed E-state index contributed by atoms with van der Waals surface area (Å²) in [6.07, 6.45) is 1.81. The number of carbonyl (C=O) groups excluding carboxylic acids is 2. The zero-order valence-electron chi connectivity index (χ0n) is 18.2. The number of hydrogen-bond acceptors (Lipinski definition) is 6. The minimum absolute atomic E-state index is 0.0485. The standard InChI is InChI=1S/C24H27N3O3S2/c1-16(2)30-19-7-5-18(6-8-19)24(29)27-11-9-17(10-12-27)23-26-21(15-32-23)22(28)25-14-20-4-3-13-31-20/h3-8,13,15-17H,9-12,14H2,1-2H3,(H,25,28). The molecule has 0 saturated carbocycles. The van der Waals surface area contributed by atoms with Gasteiger partial charge in [-0.05, 0) is 62.4 Å². The number of amides is 2. The monoisotopic (exact) mass is 469 g/mol. The number of rotatable bonds is 7. The average Bonchev–Trinajstić information content (AvgIpc) is 3.50. The maximum absolute atomic E-state index is 12.9. The Kier molecular flexibility index (Phi) is 7.22. The van der Waals surface area contributed by atoms with Crippen LogP contribution in [0.25, 0.3) is 0 Å². The predicted octanol–water partition coefficient (Wildman–Crippen LogP) is 4.94. The first-order chi connectivity index (χ1) is 15.5. The molecular weight excluding hydrogens is 442 g/mol. The molecule has 1 aromatic carbocycles. The van der Waals surface area contributed by atoms with E-state index >= 15 is 0 Å². The van der Waals surface area contributed by atoms with E-state index in [0.717, 1.165) is 28.5 Å². The molecule has 0 spiro atoms. The summed E-state index contributed by atoms with van der Waals surface area (Å²) >= 11 is 3.15. The van der Waals surface area contributed by atoms with Gasteiger partial charge in [0.25, 0.3) is 11.8 Å². The van der Waals surface area contributed by atoms with Gasteiger partial charge in [-0.2, -0.15) is 0 Å². The summed E-state index contributed by atoms with van der Waals surface area (Å²) < 4.78 is 5.65. The summed E-state index contributed by atoms with van der Waals surface area (Å²) in [6, 6.07) is 11.3. The molecule has 1 N–H and O–H groups in total. The summed E-state index contributed by atoms with van der Waals surface area (Å²) in [4.78, 5) is 32.9. The number of thiazole rings is 1. The molecule has 168 valence electrons. The van der Waals surface area contributed by atoms with Crippen LogP contribution in [0, 0.1) is 0 Å². The Morgan fingerprint density at radius 2 is 1.91 bits per heavy atom. The van der Waals surface area contributed by atoms with Gasteiger partial charge in [-0.15, -0.1) is 22.7 Å². The Morgan fingerprint density at radius 1 is 1.16 bits per heavy atom. The van der Waals surface area contributed by atoms with Crippen molar-refractivity contribution in [2.45, 2.75) is 45.3 Å². The molecular formula is C24H27N3O3S2. The lowest BCUT2D eigenvalue weighted by Gasteiger charge is -2.31. The summed E-state index contributed by atoms with van der Waals surface area (Å²) in [5.41, 5.74) is 1.15. The SMILES string of the molecule is CC(C)Oc1ccc(C(=O)N2CCC(c3nc(C(=O)NCc4cccs4)cs3)CC2)cc1. The molecule has 1 fully saturated rings. The van der Waals surface area contributed by atoms with Gasteiger partial charge in [-0.3, -0.25) is 9.59 Å². The highest BCUT2D eigenvalue weighted by Crippen LogP contribution is 2.31. The van der Waals surface area contributed by atoms with Crippen LogP contribution in [0.3, 0.4) is 0 Å². The maximum atomic E-state index is 12.9. The molecule has 3 aromatic rings. The first kappa shape index (κ1) is 22.5. The molecule has 0 radical (unpaired) electrons. The quantitative estimate of drug-likeness (QED) is 0.532. The number of nitrogens with zero attached hydrogens (tertiary/aromatic N) is 2. The fraction of sp³-hybridized carbons (Fsp3) is 0.375. The zero-order chi connectivity index (χ0) is 22.5. The summed E-state index contributed by atoms with van der Waals surface area (Å²) in [5, 5.41) is 7.73. The number of aromatic nitrogens is 1. The number of piperidine rings is 1. The molecule has 1 aliphatic rings. The molecule has 2 aromatic heterocycles. The second-order valence-electron chi connectivity index (χ2n) is 8.09. The van der Waals surface area contributed by atoms with Gasteiger partial charge < -0.3 is 15.0 Å². The summed E-state index contributed by atoms with van der Waals surface area (Å²) in [6.45, 7) is 5.85. The van der Waals surface area contributed by atoms with Crippen LogP contribution < -0.4 is 10.1 Å².